The maximum atomic E-state index is 11.3. The third-order valence-electron chi connectivity index (χ3n) is 2.10. The highest BCUT2D eigenvalue weighted by Crippen LogP contribution is 2.25. The number of hydrogen-bond donors (Lipinski definition) is 1. The van der Waals surface area contributed by atoms with Crippen LogP contribution in [-0.2, 0) is 9.59 Å². The lowest BCUT2D eigenvalue weighted by atomic mass is 10.2. The Bertz CT molecular complexity index is 218. The second kappa shape index (κ2) is 4.65. The van der Waals surface area contributed by atoms with Gasteiger partial charge in [0.1, 0.15) is 0 Å². The van der Waals surface area contributed by atoms with E-state index in [1.165, 1.54) is 11.8 Å². The summed E-state index contributed by atoms with van der Waals surface area (Å²) >= 11 is 1.48. The molecule has 4 heteroatoms. The van der Waals surface area contributed by atoms with Crippen LogP contribution in [0.4, 0.5) is 0 Å². The van der Waals surface area contributed by atoms with Crippen molar-refractivity contribution in [1.29, 1.82) is 0 Å². The molecule has 13 heavy (non-hydrogen) atoms. The van der Waals surface area contributed by atoms with E-state index in [0.29, 0.717) is 0 Å². The molecule has 0 aromatic carbocycles. The first kappa shape index (κ1) is 10.6. The van der Waals surface area contributed by atoms with Crippen molar-refractivity contribution in [2.75, 3.05) is 0 Å². The van der Waals surface area contributed by atoms with Gasteiger partial charge in [0.15, 0.2) is 0 Å². The fourth-order valence-corrected chi connectivity index (χ4v) is 2.42. The topological polar surface area (TPSA) is 46.2 Å². The second-order valence-electron chi connectivity index (χ2n) is 3.26. The molecule has 2 atom stereocenters. The lowest BCUT2D eigenvalue weighted by Gasteiger charge is -2.24. The Labute approximate surface area is 82.6 Å². The van der Waals surface area contributed by atoms with Crippen LogP contribution in [0.25, 0.3) is 0 Å². The van der Waals surface area contributed by atoms with E-state index in [4.69, 9.17) is 0 Å². The molecule has 0 unspecified atom stereocenters. The van der Waals surface area contributed by atoms with Gasteiger partial charge in [-0.2, -0.15) is 0 Å². The average molecular weight is 201 g/mol. The largest absolute Gasteiger partial charge is 0.295 e. The van der Waals surface area contributed by atoms with Gasteiger partial charge in [0.25, 0.3) is 0 Å². The van der Waals surface area contributed by atoms with Gasteiger partial charge in [0, 0.05) is 0 Å². The van der Waals surface area contributed by atoms with Crippen LogP contribution in [0.3, 0.4) is 0 Å². The van der Waals surface area contributed by atoms with E-state index in [1.54, 1.807) is 0 Å². The fraction of sp³-hybridized carbons (Fsp3) is 0.778. The highest BCUT2D eigenvalue weighted by molar-refractivity contribution is 8.02. The van der Waals surface area contributed by atoms with Crippen LogP contribution < -0.4 is 5.32 Å². The maximum Gasteiger partial charge on any atom is 0.239 e. The van der Waals surface area contributed by atoms with Gasteiger partial charge < -0.3 is 0 Å². The summed E-state index contributed by atoms with van der Waals surface area (Å²) in [6.07, 6.45) is 3.02. The first-order chi connectivity index (χ1) is 6.15. The molecule has 0 saturated carbocycles. The quantitative estimate of drug-likeness (QED) is 0.701. The Morgan fingerprint density at radius 2 is 2.08 bits per heavy atom. The molecule has 1 aliphatic heterocycles. The highest BCUT2D eigenvalue weighted by Gasteiger charge is 2.31. The molecule has 1 fully saturated rings. The molecule has 1 aliphatic rings. The summed E-state index contributed by atoms with van der Waals surface area (Å²) in [5.74, 6) is -0.260. The zero-order chi connectivity index (χ0) is 9.84. The van der Waals surface area contributed by atoms with Crippen molar-refractivity contribution in [3.63, 3.8) is 0 Å². The Balaban J connectivity index is 2.46. The van der Waals surface area contributed by atoms with Crippen LogP contribution in [0.2, 0.25) is 0 Å². The number of imide groups is 1. The summed E-state index contributed by atoms with van der Waals surface area (Å²) in [7, 11) is 0. The van der Waals surface area contributed by atoms with E-state index in [2.05, 4.69) is 12.2 Å². The Morgan fingerprint density at radius 1 is 1.38 bits per heavy atom. The first-order valence-electron chi connectivity index (χ1n) is 4.65. The third kappa shape index (κ3) is 2.72. The summed E-state index contributed by atoms with van der Waals surface area (Å²) in [4.78, 5) is 22.4. The smallest absolute Gasteiger partial charge is 0.239 e. The number of nitrogens with one attached hydrogen (secondary N) is 1. The molecule has 0 aromatic heterocycles. The number of carbonyl (C=O) groups is 2. The van der Waals surface area contributed by atoms with E-state index in [1.807, 2.05) is 6.92 Å². The van der Waals surface area contributed by atoms with Crippen LogP contribution >= 0.6 is 11.8 Å². The van der Waals surface area contributed by atoms with Gasteiger partial charge in [-0.1, -0.05) is 19.8 Å². The lowest BCUT2D eigenvalue weighted by molar-refractivity contribution is -0.130. The van der Waals surface area contributed by atoms with Crippen LogP contribution in [0.15, 0.2) is 0 Å². The van der Waals surface area contributed by atoms with Crippen molar-refractivity contribution >= 4 is 23.6 Å². The fourth-order valence-electron chi connectivity index (χ4n) is 1.26. The number of hydrogen-bond acceptors (Lipinski definition) is 3. The molecular weight excluding hydrogens is 186 g/mol. The Morgan fingerprint density at radius 3 is 2.69 bits per heavy atom. The summed E-state index contributed by atoms with van der Waals surface area (Å²) in [5, 5.41) is 2.28. The van der Waals surface area contributed by atoms with Gasteiger partial charge in [-0.3, -0.25) is 14.9 Å². The second-order valence-corrected chi connectivity index (χ2v) is 4.81. The third-order valence-corrected chi connectivity index (χ3v) is 3.50. The minimum absolute atomic E-state index is 0.0207. The van der Waals surface area contributed by atoms with Gasteiger partial charge in [0.2, 0.25) is 11.8 Å². The molecule has 0 aliphatic carbocycles. The summed E-state index contributed by atoms with van der Waals surface area (Å²) in [5.41, 5.74) is 0. The average Bonchev–Trinajstić information content (AvgIpc) is 2.09. The standard InChI is InChI=1S/C9H15NO2S/c1-3-4-5-7-9(12)10-8(11)6(2)13-7/h6-7H,3-5H2,1-2H3,(H,10,11,12)/t6-,7+/m0/s1. The number of amides is 2. The van der Waals surface area contributed by atoms with E-state index < -0.39 is 0 Å². The van der Waals surface area contributed by atoms with Crippen molar-refractivity contribution in [1.82, 2.24) is 5.32 Å². The van der Waals surface area contributed by atoms with Crippen LogP contribution in [0.5, 0.6) is 0 Å². The summed E-state index contributed by atoms with van der Waals surface area (Å²) in [6.45, 7) is 3.94. The van der Waals surface area contributed by atoms with Crippen molar-refractivity contribution in [3.05, 3.63) is 0 Å². The van der Waals surface area contributed by atoms with Gasteiger partial charge in [-0.25, -0.2) is 0 Å². The van der Waals surface area contributed by atoms with Crippen LogP contribution in [-0.4, -0.2) is 22.3 Å². The Kier molecular flexibility index (Phi) is 3.78. The molecule has 0 aromatic rings. The van der Waals surface area contributed by atoms with Crippen molar-refractivity contribution in [2.24, 2.45) is 0 Å². The molecule has 3 nitrogen and oxygen atoms in total. The van der Waals surface area contributed by atoms with Gasteiger partial charge >= 0.3 is 0 Å². The van der Waals surface area contributed by atoms with Gasteiger partial charge in [-0.05, 0) is 13.3 Å². The molecule has 0 bridgehead atoms. The zero-order valence-electron chi connectivity index (χ0n) is 8.00. The lowest BCUT2D eigenvalue weighted by Crippen LogP contribution is -2.47. The van der Waals surface area contributed by atoms with E-state index in [-0.39, 0.29) is 22.3 Å². The number of carbonyl (C=O) groups excluding carboxylic acids is 2. The number of rotatable bonds is 3. The molecule has 0 radical (unpaired) electrons. The molecule has 0 spiro atoms. The summed E-state index contributed by atoms with van der Waals surface area (Å²) < 4.78 is 0. The molecule has 1 saturated heterocycles. The van der Waals surface area contributed by atoms with E-state index >= 15 is 0 Å². The van der Waals surface area contributed by atoms with Crippen molar-refractivity contribution in [3.8, 4) is 0 Å². The highest BCUT2D eigenvalue weighted by atomic mass is 32.2. The minimum Gasteiger partial charge on any atom is -0.295 e. The number of thioether (sulfide) groups is 1. The number of unbranched alkanes of at least 4 members (excludes halogenated alkanes) is 1. The SMILES string of the molecule is CCCC[C@H]1S[C@@H](C)C(=O)NC1=O. The monoisotopic (exact) mass is 201 g/mol. The maximum absolute atomic E-state index is 11.3. The van der Waals surface area contributed by atoms with E-state index in [9.17, 15) is 9.59 Å². The van der Waals surface area contributed by atoms with E-state index in [0.717, 1.165) is 19.3 Å². The van der Waals surface area contributed by atoms with Crippen LogP contribution in [0, 0.1) is 0 Å². The molecule has 2 amide bonds. The predicted molar refractivity (Wildman–Crippen MR) is 53.5 cm³/mol. The molecule has 74 valence electrons. The molecule has 1 rings (SSSR count). The minimum atomic E-state index is -0.150. The van der Waals surface area contributed by atoms with Crippen molar-refractivity contribution in [2.45, 2.75) is 43.6 Å². The molecule has 1 N–H and O–H groups in total. The zero-order valence-corrected chi connectivity index (χ0v) is 8.82. The Hall–Kier alpha value is -0.510. The predicted octanol–water partition coefficient (Wildman–Crippen LogP) is 1.32. The molecular formula is C9H15NO2S. The normalized spacial score (nSPS) is 28.8. The van der Waals surface area contributed by atoms with Gasteiger partial charge in [0.05, 0.1) is 10.5 Å². The first-order valence-corrected chi connectivity index (χ1v) is 5.59. The van der Waals surface area contributed by atoms with Crippen LogP contribution in [0.1, 0.15) is 33.1 Å². The van der Waals surface area contributed by atoms with Crippen molar-refractivity contribution < 1.29 is 9.59 Å². The summed E-state index contributed by atoms with van der Waals surface area (Å²) in [6, 6.07) is 0. The van der Waals surface area contributed by atoms with Gasteiger partial charge in [-0.15, -0.1) is 11.8 Å². The molecule has 1 heterocycles.